The van der Waals surface area contributed by atoms with Gasteiger partial charge in [-0.25, -0.2) is 8.63 Å². The first-order valence-electron chi connectivity index (χ1n) is 9.22. The predicted molar refractivity (Wildman–Crippen MR) is 108 cm³/mol. The maximum atomic E-state index is 12.6. The molecule has 3 rings (SSSR count). The zero-order chi connectivity index (χ0) is 21.0. The molecule has 2 aromatic carbocycles. The third-order valence-corrected chi connectivity index (χ3v) is 4.78. The summed E-state index contributed by atoms with van der Waals surface area (Å²) in [6, 6.07) is 8.83. The number of carbonyl (C=O) groups excluding carboxylic acids is 1. The summed E-state index contributed by atoms with van der Waals surface area (Å²) in [4.78, 5) is 25.1. The van der Waals surface area contributed by atoms with Crippen LogP contribution in [0.5, 0.6) is 5.75 Å². The van der Waals surface area contributed by atoms with Gasteiger partial charge in [0.05, 0.1) is 10.5 Å². The lowest BCUT2D eigenvalue weighted by atomic mass is 9.98. The van der Waals surface area contributed by atoms with Gasteiger partial charge in [-0.3, -0.25) is 14.9 Å². The largest absolute Gasteiger partial charge is 0.796 e. The molecule has 1 aliphatic heterocycles. The van der Waals surface area contributed by atoms with Gasteiger partial charge in [-0.2, -0.15) is 0 Å². The number of nitrogens with zero attached hydrogens (tertiary/aromatic N) is 2. The molecule has 0 saturated carbocycles. The number of fused-ring (bicyclic) bond motifs is 1. The second-order valence-corrected chi connectivity index (χ2v) is 6.59. The smallest absolute Gasteiger partial charge is 0.505 e. The minimum absolute atomic E-state index is 0.286. The van der Waals surface area contributed by atoms with E-state index >= 15 is 0 Å². The van der Waals surface area contributed by atoms with Gasteiger partial charge in [-0.05, 0) is 55.2 Å². The van der Waals surface area contributed by atoms with Crippen LogP contribution >= 0.6 is 0 Å². The Hall–Kier alpha value is -3.23. The van der Waals surface area contributed by atoms with Crippen LogP contribution in [0.25, 0.3) is 6.08 Å². The van der Waals surface area contributed by atoms with Crippen LogP contribution in [0.15, 0.2) is 42.5 Å². The molecule has 1 heterocycles. The SMILES string of the molecule is CCN1CCCc2cc(/C=C/C(=O)c3cc([N+](=O)[O-])ccc3OB(F)F)ccc21. The molecule has 6 nitrogen and oxygen atoms in total. The maximum absolute atomic E-state index is 12.6. The van der Waals surface area contributed by atoms with Gasteiger partial charge >= 0.3 is 7.47 Å². The Balaban J connectivity index is 1.87. The summed E-state index contributed by atoms with van der Waals surface area (Å²) in [6.07, 6.45) is 4.77. The molecule has 0 aliphatic carbocycles. The van der Waals surface area contributed by atoms with Gasteiger partial charge in [0.15, 0.2) is 5.78 Å². The second-order valence-electron chi connectivity index (χ2n) is 6.59. The number of hydrogen-bond acceptors (Lipinski definition) is 5. The van der Waals surface area contributed by atoms with Crippen molar-refractivity contribution in [1.82, 2.24) is 0 Å². The molecule has 0 bridgehead atoms. The number of benzene rings is 2. The summed E-state index contributed by atoms with van der Waals surface area (Å²) in [5.41, 5.74) is 2.48. The van der Waals surface area contributed by atoms with E-state index in [2.05, 4.69) is 16.5 Å². The second kappa shape index (κ2) is 8.85. The average Bonchev–Trinajstić information content (AvgIpc) is 2.71. The molecule has 0 unspecified atom stereocenters. The molecule has 0 radical (unpaired) electrons. The van der Waals surface area contributed by atoms with Crippen molar-refractivity contribution < 1.29 is 23.0 Å². The van der Waals surface area contributed by atoms with Crippen LogP contribution in [0.3, 0.4) is 0 Å². The van der Waals surface area contributed by atoms with Gasteiger partial charge in [0.1, 0.15) is 5.75 Å². The van der Waals surface area contributed by atoms with Crippen LogP contribution in [0.2, 0.25) is 0 Å². The summed E-state index contributed by atoms with van der Waals surface area (Å²) >= 11 is 0. The molecule has 0 fully saturated rings. The van der Waals surface area contributed by atoms with Crippen LogP contribution in [-0.4, -0.2) is 31.3 Å². The van der Waals surface area contributed by atoms with Gasteiger partial charge in [0.2, 0.25) is 0 Å². The fraction of sp³-hybridized carbons (Fsp3) is 0.250. The van der Waals surface area contributed by atoms with Gasteiger partial charge < -0.3 is 9.55 Å². The van der Waals surface area contributed by atoms with Crippen LogP contribution in [0, 0.1) is 10.1 Å². The van der Waals surface area contributed by atoms with Crippen LogP contribution in [0.1, 0.15) is 34.8 Å². The van der Waals surface area contributed by atoms with Gasteiger partial charge in [0, 0.05) is 30.9 Å². The number of nitro groups is 1. The molecule has 1 aliphatic rings. The zero-order valence-electron chi connectivity index (χ0n) is 15.8. The van der Waals surface area contributed by atoms with Crippen LogP contribution in [-0.2, 0) is 6.42 Å². The number of nitro benzene ring substituents is 1. The number of carbonyl (C=O) groups is 1. The van der Waals surface area contributed by atoms with E-state index < -0.39 is 23.9 Å². The topological polar surface area (TPSA) is 72.7 Å². The molecule has 0 N–H and O–H groups in total. The number of rotatable bonds is 7. The lowest BCUT2D eigenvalue weighted by Crippen LogP contribution is -2.28. The fourth-order valence-corrected chi connectivity index (χ4v) is 3.41. The first-order chi connectivity index (χ1) is 13.9. The Kier molecular flexibility index (Phi) is 6.26. The first-order valence-corrected chi connectivity index (χ1v) is 9.22. The van der Waals surface area contributed by atoms with E-state index in [-0.39, 0.29) is 11.3 Å². The third kappa shape index (κ3) is 4.79. The van der Waals surface area contributed by atoms with Crippen molar-refractivity contribution in [2.45, 2.75) is 19.8 Å². The number of hydrogen-bond donors (Lipinski definition) is 0. The molecule has 9 heteroatoms. The Labute approximate surface area is 167 Å². The van der Waals surface area contributed by atoms with Crippen molar-refractivity contribution in [1.29, 1.82) is 0 Å². The molecule has 2 aromatic rings. The van der Waals surface area contributed by atoms with Crippen molar-refractivity contribution in [3.05, 3.63) is 69.3 Å². The number of ketones is 1. The molecule has 150 valence electrons. The predicted octanol–water partition coefficient (Wildman–Crippen LogP) is 4.57. The van der Waals surface area contributed by atoms with Crippen LogP contribution in [0.4, 0.5) is 20.0 Å². The van der Waals surface area contributed by atoms with Gasteiger partial charge in [0.25, 0.3) is 5.69 Å². The summed E-state index contributed by atoms with van der Waals surface area (Å²) in [6.45, 7) is 4.02. The number of anilines is 1. The highest BCUT2D eigenvalue weighted by Gasteiger charge is 2.23. The first kappa shape index (κ1) is 20.5. The quantitative estimate of drug-likeness (QED) is 0.224. The summed E-state index contributed by atoms with van der Waals surface area (Å²) in [7, 11) is -3.14. The molecule has 0 saturated heterocycles. The minimum atomic E-state index is -3.14. The summed E-state index contributed by atoms with van der Waals surface area (Å²) in [5, 5.41) is 11.0. The summed E-state index contributed by atoms with van der Waals surface area (Å²) in [5.74, 6) is -1.05. The monoisotopic (exact) mass is 400 g/mol. The zero-order valence-corrected chi connectivity index (χ0v) is 15.8. The highest BCUT2D eigenvalue weighted by atomic mass is 19.2. The van der Waals surface area contributed by atoms with Gasteiger partial charge in [-0.15, -0.1) is 0 Å². The normalized spacial score (nSPS) is 13.3. The molecule has 0 aromatic heterocycles. The van der Waals surface area contributed by atoms with Crippen molar-refractivity contribution in [2.75, 3.05) is 18.0 Å². The molecule has 0 atom stereocenters. The average molecular weight is 400 g/mol. The lowest BCUT2D eigenvalue weighted by molar-refractivity contribution is -0.384. The molecule has 0 amide bonds. The third-order valence-electron chi connectivity index (χ3n) is 4.78. The highest BCUT2D eigenvalue weighted by Crippen LogP contribution is 2.29. The fourth-order valence-electron chi connectivity index (χ4n) is 3.41. The lowest BCUT2D eigenvalue weighted by Gasteiger charge is -2.30. The van der Waals surface area contributed by atoms with E-state index in [1.54, 1.807) is 6.08 Å². The van der Waals surface area contributed by atoms with Crippen molar-refractivity contribution in [2.24, 2.45) is 0 Å². The number of allylic oxidation sites excluding steroid dienone is 1. The van der Waals surface area contributed by atoms with Gasteiger partial charge in [-0.1, -0.05) is 12.1 Å². The van der Waals surface area contributed by atoms with E-state index in [1.165, 1.54) is 17.3 Å². The summed E-state index contributed by atoms with van der Waals surface area (Å²) < 4.78 is 29.5. The minimum Gasteiger partial charge on any atom is -0.505 e. The van der Waals surface area contributed by atoms with E-state index in [0.717, 1.165) is 49.7 Å². The Bertz CT molecular complexity index is 965. The number of aryl methyl sites for hydroxylation is 1. The van der Waals surface area contributed by atoms with E-state index in [0.29, 0.717) is 0 Å². The van der Waals surface area contributed by atoms with E-state index in [9.17, 15) is 23.5 Å². The Morgan fingerprint density at radius 2 is 2.10 bits per heavy atom. The number of non-ortho nitro benzene ring substituents is 1. The Morgan fingerprint density at radius 1 is 1.31 bits per heavy atom. The van der Waals surface area contributed by atoms with E-state index in [4.69, 9.17) is 0 Å². The van der Waals surface area contributed by atoms with Crippen molar-refractivity contribution >= 4 is 30.7 Å². The number of halogens is 2. The Morgan fingerprint density at radius 3 is 2.79 bits per heavy atom. The molecular weight excluding hydrogens is 381 g/mol. The maximum Gasteiger partial charge on any atom is 0.796 e. The molecule has 29 heavy (non-hydrogen) atoms. The van der Waals surface area contributed by atoms with Crippen molar-refractivity contribution in [3.8, 4) is 5.75 Å². The van der Waals surface area contributed by atoms with Crippen LogP contribution < -0.4 is 9.55 Å². The van der Waals surface area contributed by atoms with Crippen molar-refractivity contribution in [3.63, 3.8) is 0 Å². The molecule has 0 spiro atoms. The molecular formula is C20H19BF2N2O4. The highest BCUT2D eigenvalue weighted by molar-refractivity contribution is 6.35. The standard InChI is InChI=1S/C20H19BF2N2O4/c1-2-24-11-3-4-15-12-14(5-8-18(15)24)6-9-19(26)17-13-16(25(27)28)7-10-20(17)29-21(22)23/h5-10,12-13H,2-4,11H2,1H3/b9-6+. The van der Waals surface area contributed by atoms with E-state index in [1.807, 2.05) is 18.2 Å².